The molecule has 0 saturated heterocycles. The molecule has 0 bridgehead atoms. The Bertz CT molecular complexity index is 396. The van der Waals surface area contributed by atoms with E-state index >= 15 is 0 Å². The molecule has 1 rings (SSSR count). The van der Waals surface area contributed by atoms with Crippen LogP contribution in [-0.4, -0.2) is 17.3 Å². The molecule has 6 heteroatoms. The molecule has 1 aromatic carbocycles. The number of hydrogen-bond donors (Lipinski definition) is 0. The molecule has 0 saturated carbocycles. The first-order valence-corrected chi connectivity index (χ1v) is 7.93. The van der Waals surface area contributed by atoms with Crippen LogP contribution in [-0.2, 0) is 4.74 Å². The summed E-state index contributed by atoms with van der Waals surface area (Å²) in [4.78, 5) is 11.6. The minimum Gasteiger partial charge on any atom is -0.406 e. The highest BCUT2D eigenvalue weighted by atomic mass is 127. The van der Waals surface area contributed by atoms with Gasteiger partial charge in [-0.3, -0.25) is 4.31 Å². The number of esters is 1. The van der Waals surface area contributed by atoms with Crippen LogP contribution in [0.15, 0.2) is 36.7 Å². The molecule has 0 aromatic heterocycles. The Morgan fingerprint density at radius 3 is 2.56 bits per heavy atom. The Hall–Kier alpha value is -0.400. The standard InChI is InChI=1S/C10H9ClINO2S/c1-7(13(2)16-12)15-10(14)8-3-5-9(11)6-4-8/h3-6H,1H2,2H3. The third kappa shape index (κ3) is 3.88. The lowest BCUT2D eigenvalue weighted by molar-refractivity contribution is 0.0576. The molecule has 1 aromatic rings. The molecule has 16 heavy (non-hydrogen) atoms. The summed E-state index contributed by atoms with van der Waals surface area (Å²) in [6.07, 6.45) is 0. The number of carbonyl (C=O) groups excluding carboxylic acids is 1. The van der Waals surface area contributed by atoms with Crippen molar-refractivity contribution in [1.82, 2.24) is 4.31 Å². The van der Waals surface area contributed by atoms with Gasteiger partial charge in [0.1, 0.15) is 0 Å². The van der Waals surface area contributed by atoms with Crippen LogP contribution >= 0.6 is 41.9 Å². The highest BCUT2D eigenvalue weighted by molar-refractivity contribution is 14.2. The summed E-state index contributed by atoms with van der Waals surface area (Å²) < 4.78 is 6.70. The third-order valence-electron chi connectivity index (χ3n) is 1.75. The first kappa shape index (κ1) is 13.7. The minimum absolute atomic E-state index is 0.291. The summed E-state index contributed by atoms with van der Waals surface area (Å²) in [5.41, 5.74) is 0.442. The number of ether oxygens (including phenoxy) is 1. The lowest BCUT2D eigenvalue weighted by Crippen LogP contribution is -2.13. The summed E-state index contributed by atoms with van der Waals surface area (Å²) in [5, 5.41) is 0.579. The van der Waals surface area contributed by atoms with E-state index in [9.17, 15) is 4.79 Å². The van der Waals surface area contributed by atoms with Crippen LogP contribution < -0.4 is 0 Å². The maximum absolute atomic E-state index is 11.6. The monoisotopic (exact) mass is 369 g/mol. The third-order valence-corrected chi connectivity index (χ3v) is 4.18. The number of benzene rings is 1. The van der Waals surface area contributed by atoms with Crippen LogP contribution in [0, 0.1) is 0 Å². The molecule has 0 unspecified atom stereocenters. The van der Waals surface area contributed by atoms with Gasteiger partial charge in [-0.25, -0.2) is 4.79 Å². The molecule has 0 atom stereocenters. The second kappa shape index (κ2) is 6.36. The van der Waals surface area contributed by atoms with E-state index in [2.05, 4.69) is 27.8 Å². The molecule has 0 spiro atoms. The Morgan fingerprint density at radius 1 is 1.50 bits per heavy atom. The van der Waals surface area contributed by atoms with Gasteiger partial charge in [0.2, 0.25) is 5.88 Å². The van der Waals surface area contributed by atoms with Crippen LogP contribution in [0.4, 0.5) is 0 Å². The number of rotatable bonds is 4. The van der Waals surface area contributed by atoms with Gasteiger partial charge in [0.25, 0.3) is 0 Å². The summed E-state index contributed by atoms with van der Waals surface area (Å²) in [6, 6.07) is 6.49. The molecule has 0 aliphatic rings. The molecule has 0 aliphatic heterocycles. The van der Waals surface area contributed by atoms with E-state index in [1.807, 2.05) is 0 Å². The predicted octanol–water partition coefficient (Wildman–Crippen LogP) is 3.90. The Labute approximate surface area is 116 Å². The van der Waals surface area contributed by atoms with E-state index in [1.54, 1.807) is 35.6 Å². The second-order valence-corrected chi connectivity index (χ2v) is 5.16. The van der Waals surface area contributed by atoms with E-state index in [0.717, 1.165) is 0 Å². The Kier molecular flexibility index (Phi) is 5.43. The molecule has 0 fully saturated rings. The van der Waals surface area contributed by atoms with Crippen molar-refractivity contribution in [3.05, 3.63) is 47.3 Å². The van der Waals surface area contributed by atoms with Gasteiger partial charge in [-0.1, -0.05) is 11.6 Å². The van der Waals surface area contributed by atoms with E-state index in [4.69, 9.17) is 16.3 Å². The second-order valence-electron chi connectivity index (χ2n) is 2.86. The van der Waals surface area contributed by atoms with Gasteiger partial charge in [-0.15, -0.1) is 0 Å². The van der Waals surface area contributed by atoms with E-state index in [1.165, 1.54) is 9.12 Å². The van der Waals surface area contributed by atoms with Crippen molar-refractivity contribution < 1.29 is 9.53 Å². The topological polar surface area (TPSA) is 29.5 Å². The number of nitrogens with zero attached hydrogens (tertiary/aromatic N) is 1. The Balaban J connectivity index is 2.66. The van der Waals surface area contributed by atoms with Crippen molar-refractivity contribution in [1.29, 1.82) is 0 Å². The van der Waals surface area contributed by atoms with Gasteiger partial charge in [-0.05, 0) is 30.8 Å². The van der Waals surface area contributed by atoms with Crippen LogP contribution in [0.1, 0.15) is 10.4 Å². The van der Waals surface area contributed by atoms with Crippen molar-refractivity contribution in [2.45, 2.75) is 0 Å². The maximum atomic E-state index is 11.6. The van der Waals surface area contributed by atoms with Crippen molar-refractivity contribution in [2.24, 2.45) is 0 Å². The molecular formula is C10H9ClINO2S. The summed E-state index contributed by atoms with van der Waals surface area (Å²) >= 11 is 7.78. The van der Waals surface area contributed by atoms with Crippen LogP contribution in [0.2, 0.25) is 5.02 Å². The average Bonchev–Trinajstić information content (AvgIpc) is 2.28. The lowest BCUT2D eigenvalue weighted by Gasteiger charge is -2.15. The number of carbonyl (C=O) groups is 1. The zero-order chi connectivity index (χ0) is 12.1. The van der Waals surface area contributed by atoms with E-state index in [-0.39, 0.29) is 0 Å². The van der Waals surface area contributed by atoms with Crippen molar-refractivity contribution in [2.75, 3.05) is 7.05 Å². The molecule has 0 aliphatic carbocycles. The lowest BCUT2D eigenvalue weighted by atomic mass is 10.2. The molecule has 0 heterocycles. The van der Waals surface area contributed by atoms with E-state index in [0.29, 0.717) is 16.5 Å². The normalized spacial score (nSPS) is 9.69. The highest BCUT2D eigenvalue weighted by Crippen LogP contribution is 2.21. The quantitative estimate of drug-likeness (QED) is 0.348. The molecule has 0 radical (unpaired) electrons. The zero-order valence-electron chi connectivity index (χ0n) is 8.44. The first-order valence-electron chi connectivity index (χ1n) is 4.23. The summed E-state index contributed by atoms with van der Waals surface area (Å²) in [6.45, 7) is 3.64. The van der Waals surface area contributed by atoms with E-state index < -0.39 is 5.97 Å². The van der Waals surface area contributed by atoms with Crippen LogP contribution in [0.3, 0.4) is 0 Å². The fraction of sp³-hybridized carbons (Fsp3) is 0.100. The predicted molar refractivity (Wildman–Crippen MR) is 75.4 cm³/mol. The minimum atomic E-state index is -0.445. The number of hydrogen-bond acceptors (Lipinski definition) is 4. The maximum Gasteiger partial charge on any atom is 0.344 e. The summed E-state index contributed by atoms with van der Waals surface area (Å²) in [5.74, 6) is -0.154. The van der Waals surface area contributed by atoms with Crippen LogP contribution in [0.25, 0.3) is 0 Å². The number of halogens is 2. The van der Waals surface area contributed by atoms with Gasteiger partial charge in [0.05, 0.1) is 5.56 Å². The smallest absolute Gasteiger partial charge is 0.344 e. The van der Waals surface area contributed by atoms with Gasteiger partial charge >= 0.3 is 5.97 Å². The highest BCUT2D eigenvalue weighted by Gasteiger charge is 2.11. The first-order chi connectivity index (χ1) is 7.54. The van der Waals surface area contributed by atoms with Gasteiger partial charge in [0, 0.05) is 42.4 Å². The van der Waals surface area contributed by atoms with Crippen molar-refractivity contribution in [3.63, 3.8) is 0 Å². The largest absolute Gasteiger partial charge is 0.406 e. The van der Waals surface area contributed by atoms with Gasteiger partial charge in [0.15, 0.2) is 0 Å². The average molecular weight is 370 g/mol. The van der Waals surface area contributed by atoms with Gasteiger partial charge in [-0.2, -0.15) is 0 Å². The SMILES string of the molecule is C=C(OC(=O)c1ccc(Cl)cc1)N(C)SI. The molecule has 0 N–H and O–H groups in total. The van der Waals surface area contributed by atoms with Crippen molar-refractivity contribution >= 4 is 47.9 Å². The molecule has 3 nitrogen and oxygen atoms in total. The fourth-order valence-corrected chi connectivity index (χ4v) is 1.75. The van der Waals surface area contributed by atoms with Crippen LogP contribution in [0.5, 0.6) is 0 Å². The summed E-state index contributed by atoms with van der Waals surface area (Å²) in [7, 11) is 3.14. The van der Waals surface area contributed by atoms with Gasteiger partial charge < -0.3 is 4.74 Å². The molecular weight excluding hydrogens is 361 g/mol. The fourth-order valence-electron chi connectivity index (χ4n) is 0.855. The molecule has 0 amide bonds. The Morgan fingerprint density at radius 2 is 2.06 bits per heavy atom. The zero-order valence-corrected chi connectivity index (χ0v) is 12.2. The van der Waals surface area contributed by atoms with Crippen molar-refractivity contribution in [3.8, 4) is 0 Å². The molecule has 86 valence electrons.